The van der Waals surface area contributed by atoms with Crippen LogP contribution < -0.4 is 0 Å². The van der Waals surface area contributed by atoms with E-state index in [9.17, 15) is 0 Å². The first-order chi connectivity index (χ1) is 7.83. The minimum absolute atomic E-state index is 0.643. The van der Waals surface area contributed by atoms with Crippen LogP contribution in [0.4, 0.5) is 0 Å². The molecule has 0 aliphatic heterocycles. The number of aromatic nitrogens is 3. The van der Waals surface area contributed by atoms with E-state index in [0.29, 0.717) is 6.04 Å². The Morgan fingerprint density at radius 2 is 2.38 bits per heavy atom. The first-order valence-electron chi connectivity index (χ1n) is 5.09. The lowest BCUT2D eigenvalue weighted by atomic mass is 10.5. The van der Waals surface area contributed by atoms with Crippen molar-refractivity contribution in [3.8, 4) is 0 Å². The number of thioether (sulfide) groups is 1. The highest BCUT2D eigenvalue weighted by molar-refractivity contribution is 7.98. The number of nitrogens with zero attached hydrogens (tertiary/aromatic N) is 3. The Kier molecular flexibility index (Phi) is 2.91. The van der Waals surface area contributed by atoms with Gasteiger partial charge in [-0.25, -0.2) is 0 Å². The zero-order valence-corrected chi connectivity index (χ0v) is 10.9. The van der Waals surface area contributed by atoms with Crippen molar-refractivity contribution in [2.45, 2.75) is 29.8 Å². The second-order valence-corrected chi connectivity index (χ2v) is 6.49. The van der Waals surface area contributed by atoms with Gasteiger partial charge in [-0.2, -0.15) is 0 Å². The first kappa shape index (κ1) is 10.6. The number of thiophene rings is 1. The van der Waals surface area contributed by atoms with Gasteiger partial charge in [-0.05, 0) is 25.0 Å². The van der Waals surface area contributed by atoms with Gasteiger partial charge in [0.1, 0.15) is 6.33 Å². The van der Waals surface area contributed by atoms with Crippen molar-refractivity contribution >= 4 is 34.7 Å². The monoisotopic (exact) mass is 271 g/mol. The number of halogens is 1. The summed E-state index contributed by atoms with van der Waals surface area (Å²) in [5.74, 6) is 0.919. The van der Waals surface area contributed by atoms with E-state index in [1.165, 1.54) is 17.7 Å². The van der Waals surface area contributed by atoms with Crippen LogP contribution in [0, 0.1) is 0 Å². The van der Waals surface area contributed by atoms with E-state index in [2.05, 4.69) is 20.8 Å². The van der Waals surface area contributed by atoms with Gasteiger partial charge < -0.3 is 4.57 Å². The number of hydrogen-bond donors (Lipinski definition) is 0. The maximum absolute atomic E-state index is 5.89. The standard InChI is InChI=1S/C10H10ClN3S2/c11-9-4-3-8(16-9)5-15-10-13-12-6-14(10)7-1-2-7/h3-4,6-7H,1-2,5H2. The molecule has 6 heteroatoms. The zero-order chi connectivity index (χ0) is 11.0. The second kappa shape index (κ2) is 4.39. The summed E-state index contributed by atoms with van der Waals surface area (Å²) in [6, 6.07) is 4.65. The van der Waals surface area contributed by atoms with Gasteiger partial charge >= 0.3 is 0 Å². The van der Waals surface area contributed by atoms with E-state index in [1.54, 1.807) is 23.1 Å². The number of rotatable bonds is 4. The average Bonchev–Trinajstić information content (AvgIpc) is 2.86. The van der Waals surface area contributed by atoms with Crippen molar-refractivity contribution in [1.29, 1.82) is 0 Å². The predicted molar refractivity (Wildman–Crippen MR) is 67.2 cm³/mol. The van der Waals surface area contributed by atoms with Gasteiger partial charge in [-0.3, -0.25) is 0 Å². The lowest BCUT2D eigenvalue weighted by molar-refractivity contribution is 0.663. The van der Waals surface area contributed by atoms with Crippen LogP contribution in [0.1, 0.15) is 23.8 Å². The van der Waals surface area contributed by atoms with Gasteiger partial charge in [0.25, 0.3) is 0 Å². The lowest BCUT2D eigenvalue weighted by Gasteiger charge is -2.02. The summed E-state index contributed by atoms with van der Waals surface area (Å²) in [6.07, 6.45) is 4.36. The van der Waals surface area contributed by atoms with E-state index >= 15 is 0 Å². The molecule has 2 aromatic heterocycles. The molecule has 0 aromatic carbocycles. The Hall–Kier alpha value is -0.520. The normalized spacial score (nSPS) is 15.6. The highest BCUT2D eigenvalue weighted by atomic mass is 35.5. The summed E-state index contributed by atoms with van der Waals surface area (Å²) in [5, 5.41) is 9.14. The quantitative estimate of drug-likeness (QED) is 0.796. The molecule has 0 bridgehead atoms. The van der Waals surface area contributed by atoms with Gasteiger partial charge in [0, 0.05) is 16.7 Å². The maximum atomic E-state index is 5.89. The van der Waals surface area contributed by atoms with Crippen molar-refractivity contribution in [3.63, 3.8) is 0 Å². The minimum atomic E-state index is 0.643. The molecule has 0 spiro atoms. The molecule has 1 saturated carbocycles. The van der Waals surface area contributed by atoms with Crippen LogP contribution in [0.3, 0.4) is 0 Å². The molecule has 2 heterocycles. The molecule has 0 amide bonds. The molecule has 2 aromatic rings. The summed E-state index contributed by atoms with van der Waals surface area (Å²) in [7, 11) is 0. The third kappa shape index (κ3) is 2.26. The van der Waals surface area contributed by atoms with Gasteiger partial charge in [-0.15, -0.1) is 21.5 Å². The summed E-state index contributed by atoms with van der Waals surface area (Å²) in [4.78, 5) is 1.28. The molecule has 0 unspecified atom stereocenters. The minimum Gasteiger partial charge on any atom is -0.306 e. The summed E-state index contributed by atoms with van der Waals surface area (Å²) in [5.41, 5.74) is 0. The molecule has 1 aliphatic rings. The van der Waals surface area contributed by atoms with Crippen molar-refractivity contribution < 1.29 is 0 Å². The van der Waals surface area contributed by atoms with Crippen LogP contribution in [-0.2, 0) is 5.75 Å². The second-order valence-electron chi connectivity index (χ2n) is 3.75. The summed E-state index contributed by atoms with van der Waals surface area (Å²) >= 11 is 9.25. The molecule has 0 atom stereocenters. The van der Waals surface area contributed by atoms with Gasteiger partial charge in [0.15, 0.2) is 5.16 Å². The van der Waals surface area contributed by atoms with Crippen LogP contribution in [0.15, 0.2) is 23.6 Å². The smallest absolute Gasteiger partial charge is 0.191 e. The zero-order valence-electron chi connectivity index (χ0n) is 8.47. The van der Waals surface area contributed by atoms with Crippen molar-refractivity contribution in [3.05, 3.63) is 27.7 Å². The fourth-order valence-corrected chi connectivity index (χ4v) is 3.62. The van der Waals surface area contributed by atoms with Crippen LogP contribution >= 0.6 is 34.7 Å². The van der Waals surface area contributed by atoms with E-state index in [0.717, 1.165) is 15.2 Å². The van der Waals surface area contributed by atoms with Crippen LogP contribution in [0.2, 0.25) is 4.34 Å². The van der Waals surface area contributed by atoms with Gasteiger partial charge in [0.05, 0.1) is 4.34 Å². The van der Waals surface area contributed by atoms with E-state index in [-0.39, 0.29) is 0 Å². The predicted octanol–water partition coefficient (Wildman–Crippen LogP) is 3.62. The van der Waals surface area contributed by atoms with Crippen molar-refractivity contribution in [2.24, 2.45) is 0 Å². The van der Waals surface area contributed by atoms with Crippen LogP contribution in [0.25, 0.3) is 0 Å². The summed E-state index contributed by atoms with van der Waals surface area (Å²) in [6.45, 7) is 0. The van der Waals surface area contributed by atoms with Crippen LogP contribution in [0.5, 0.6) is 0 Å². The molecule has 1 fully saturated rings. The molecule has 16 heavy (non-hydrogen) atoms. The molecule has 3 rings (SSSR count). The Morgan fingerprint density at radius 3 is 3.06 bits per heavy atom. The molecule has 84 valence electrons. The maximum Gasteiger partial charge on any atom is 0.191 e. The van der Waals surface area contributed by atoms with Gasteiger partial charge in [-0.1, -0.05) is 23.4 Å². The highest BCUT2D eigenvalue weighted by Crippen LogP contribution is 2.38. The molecule has 3 nitrogen and oxygen atoms in total. The van der Waals surface area contributed by atoms with Gasteiger partial charge in [0.2, 0.25) is 0 Å². The fourth-order valence-electron chi connectivity index (χ4n) is 1.50. The SMILES string of the molecule is Clc1ccc(CSc2nncn2C2CC2)s1. The Morgan fingerprint density at radius 1 is 1.50 bits per heavy atom. The third-order valence-corrected chi connectivity index (χ3v) is 4.87. The first-order valence-corrected chi connectivity index (χ1v) is 7.27. The lowest BCUT2D eigenvalue weighted by Crippen LogP contribution is -1.94. The Bertz CT molecular complexity index is 490. The molecule has 0 radical (unpaired) electrons. The molecule has 0 N–H and O–H groups in total. The topological polar surface area (TPSA) is 30.7 Å². The highest BCUT2D eigenvalue weighted by Gasteiger charge is 2.26. The molecule has 0 saturated heterocycles. The van der Waals surface area contributed by atoms with E-state index < -0.39 is 0 Å². The van der Waals surface area contributed by atoms with Crippen molar-refractivity contribution in [1.82, 2.24) is 14.8 Å². The third-order valence-electron chi connectivity index (χ3n) is 2.45. The van der Waals surface area contributed by atoms with E-state index in [1.807, 2.05) is 12.4 Å². The molecular formula is C10H10ClN3S2. The number of hydrogen-bond acceptors (Lipinski definition) is 4. The largest absolute Gasteiger partial charge is 0.306 e. The van der Waals surface area contributed by atoms with Crippen molar-refractivity contribution in [2.75, 3.05) is 0 Å². The Balaban J connectivity index is 1.67. The average molecular weight is 272 g/mol. The van der Waals surface area contributed by atoms with E-state index in [4.69, 9.17) is 11.6 Å². The van der Waals surface area contributed by atoms with Crippen LogP contribution in [-0.4, -0.2) is 14.8 Å². The molecular weight excluding hydrogens is 262 g/mol. The fraction of sp³-hybridized carbons (Fsp3) is 0.400. The summed E-state index contributed by atoms with van der Waals surface area (Å²) < 4.78 is 3.03. The molecule has 1 aliphatic carbocycles. The Labute approximate surface area is 107 Å².